The number of benzene rings is 2. The monoisotopic (exact) mass is 442 g/mol. The number of likely N-dealkylation sites (N-methyl/N-ethyl adjacent to an activating group) is 1. The van der Waals surface area contributed by atoms with Gasteiger partial charge in [-0.05, 0) is 45.4 Å². The average molecular weight is 442 g/mol. The van der Waals surface area contributed by atoms with E-state index in [1.165, 1.54) is 12.1 Å². The summed E-state index contributed by atoms with van der Waals surface area (Å²) < 4.78 is 42.5. The van der Waals surface area contributed by atoms with Gasteiger partial charge in [-0.25, -0.2) is 23.1 Å². The van der Waals surface area contributed by atoms with Gasteiger partial charge in [-0.2, -0.15) is 0 Å². The molecule has 32 heavy (non-hydrogen) atoms. The number of aromatic nitrogens is 2. The third kappa shape index (κ3) is 3.38. The van der Waals surface area contributed by atoms with E-state index in [0.717, 1.165) is 17.3 Å². The SMILES string of the molecule is Cc1nc(NC(C)c2cccc(C(C)(F)F)c2F)c2cc3c(cc2n1)N(C)C(=O)C3(C)C. The molecule has 1 unspecified atom stereocenters. The number of alkyl halides is 2. The first-order chi connectivity index (χ1) is 14.8. The first kappa shape index (κ1) is 22.0. The number of carbonyl (C=O) groups is 1. The second kappa shape index (κ2) is 7.18. The molecule has 2 aromatic carbocycles. The van der Waals surface area contributed by atoms with Gasteiger partial charge in [0.25, 0.3) is 5.92 Å². The predicted molar refractivity (Wildman–Crippen MR) is 119 cm³/mol. The molecule has 1 aromatic heterocycles. The summed E-state index contributed by atoms with van der Waals surface area (Å²) in [6, 6.07) is 7.08. The lowest BCUT2D eigenvalue weighted by Crippen LogP contribution is -2.33. The van der Waals surface area contributed by atoms with Crippen molar-refractivity contribution in [3.8, 4) is 0 Å². The van der Waals surface area contributed by atoms with Crippen LogP contribution in [0.25, 0.3) is 10.9 Å². The van der Waals surface area contributed by atoms with Crippen molar-refractivity contribution in [3.63, 3.8) is 0 Å². The fourth-order valence-electron chi connectivity index (χ4n) is 4.32. The van der Waals surface area contributed by atoms with Crippen molar-refractivity contribution >= 4 is 28.3 Å². The minimum Gasteiger partial charge on any atom is -0.363 e. The Balaban J connectivity index is 1.81. The van der Waals surface area contributed by atoms with Crippen LogP contribution in [0.4, 0.5) is 24.7 Å². The fourth-order valence-corrected chi connectivity index (χ4v) is 4.32. The largest absolute Gasteiger partial charge is 0.363 e. The Morgan fingerprint density at radius 3 is 2.53 bits per heavy atom. The van der Waals surface area contributed by atoms with Crippen LogP contribution in [-0.4, -0.2) is 22.9 Å². The van der Waals surface area contributed by atoms with Crippen LogP contribution in [0.3, 0.4) is 0 Å². The zero-order valence-electron chi connectivity index (χ0n) is 18.8. The van der Waals surface area contributed by atoms with Crippen LogP contribution in [0.1, 0.15) is 56.3 Å². The molecule has 0 saturated heterocycles. The zero-order chi connectivity index (χ0) is 23.6. The minimum atomic E-state index is -3.29. The lowest BCUT2D eigenvalue weighted by Gasteiger charge is -2.21. The number of fused-ring (bicyclic) bond motifs is 2. The van der Waals surface area contributed by atoms with Crippen molar-refractivity contribution in [2.24, 2.45) is 0 Å². The smallest absolute Gasteiger partial charge is 0.273 e. The molecule has 3 aromatic rings. The number of amides is 1. The maximum atomic E-state index is 14.9. The Bertz CT molecular complexity index is 1250. The van der Waals surface area contributed by atoms with Crippen LogP contribution in [0.5, 0.6) is 0 Å². The third-order valence-corrected chi connectivity index (χ3v) is 6.12. The molecule has 168 valence electrons. The number of nitrogens with one attached hydrogen (secondary N) is 1. The van der Waals surface area contributed by atoms with E-state index >= 15 is 0 Å². The number of anilines is 2. The second-order valence-corrected chi connectivity index (χ2v) is 8.96. The van der Waals surface area contributed by atoms with Gasteiger partial charge in [0.1, 0.15) is 17.5 Å². The molecule has 8 heteroatoms. The number of aryl methyl sites for hydroxylation is 1. The fraction of sp³-hybridized carbons (Fsp3) is 0.375. The van der Waals surface area contributed by atoms with Crippen LogP contribution in [0.15, 0.2) is 30.3 Å². The van der Waals surface area contributed by atoms with Gasteiger partial charge in [0.2, 0.25) is 5.91 Å². The maximum absolute atomic E-state index is 14.9. The molecule has 0 spiro atoms. The first-order valence-corrected chi connectivity index (χ1v) is 10.4. The van der Waals surface area contributed by atoms with Crippen molar-refractivity contribution < 1.29 is 18.0 Å². The molecule has 5 nitrogen and oxygen atoms in total. The summed E-state index contributed by atoms with van der Waals surface area (Å²) in [7, 11) is 1.73. The lowest BCUT2D eigenvalue weighted by molar-refractivity contribution is -0.121. The molecule has 1 atom stereocenters. The van der Waals surface area contributed by atoms with Crippen molar-refractivity contribution in [1.82, 2.24) is 9.97 Å². The van der Waals surface area contributed by atoms with E-state index in [1.807, 2.05) is 26.0 Å². The molecule has 0 radical (unpaired) electrons. The number of carbonyl (C=O) groups excluding carboxylic acids is 1. The quantitative estimate of drug-likeness (QED) is 0.570. The van der Waals surface area contributed by atoms with Gasteiger partial charge in [0, 0.05) is 30.6 Å². The summed E-state index contributed by atoms with van der Waals surface area (Å²) in [5, 5.41) is 3.84. The highest BCUT2D eigenvalue weighted by Crippen LogP contribution is 2.43. The van der Waals surface area contributed by atoms with E-state index in [2.05, 4.69) is 15.3 Å². The molecule has 1 aliphatic rings. The normalized spacial score (nSPS) is 16.4. The highest BCUT2D eigenvalue weighted by molar-refractivity contribution is 6.10. The Morgan fingerprint density at radius 1 is 1.19 bits per heavy atom. The highest BCUT2D eigenvalue weighted by Gasteiger charge is 2.42. The van der Waals surface area contributed by atoms with E-state index in [0.29, 0.717) is 29.5 Å². The maximum Gasteiger partial charge on any atom is 0.273 e. The highest BCUT2D eigenvalue weighted by atomic mass is 19.3. The predicted octanol–water partition coefficient (Wildman–Crippen LogP) is 5.62. The molecular weight excluding hydrogens is 417 g/mol. The van der Waals surface area contributed by atoms with Gasteiger partial charge in [-0.1, -0.05) is 18.2 Å². The molecule has 0 saturated carbocycles. The van der Waals surface area contributed by atoms with Crippen molar-refractivity contribution in [2.45, 2.75) is 52.0 Å². The standard InChI is InChI=1S/C24H25F3N4O/c1-12(14-8-7-9-16(20(14)25)24(5,26)27)28-21-15-10-17-19(11-18(15)29-13(2)30-21)31(6)22(32)23(17,3)4/h7-12H,1-6H3,(H,28,29,30). The molecule has 0 bridgehead atoms. The Labute approximate surface area is 184 Å². The topological polar surface area (TPSA) is 58.1 Å². The van der Waals surface area contributed by atoms with E-state index in [-0.39, 0.29) is 11.5 Å². The number of hydrogen-bond donors (Lipinski definition) is 1. The van der Waals surface area contributed by atoms with Gasteiger partial charge in [0.15, 0.2) is 0 Å². The van der Waals surface area contributed by atoms with E-state index in [4.69, 9.17) is 0 Å². The van der Waals surface area contributed by atoms with Crippen molar-refractivity contribution in [2.75, 3.05) is 17.3 Å². The van der Waals surface area contributed by atoms with Crippen LogP contribution >= 0.6 is 0 Å². The summed E-state index contributed by atoms with van der Waals surface area (Å²) in [6.07, 6.45) is 0. The second-order valence-electron chi connectivity index (χ2n) is 8.96. The third-order valence-electron chi connectivity index (χ3n) is 6.12. The number of halogens is 3. The van der Waals surface area contributed by atoms with Crippen LogP contribution in [0, 0.1) is 12.7 Å². The Hall–Kier alpha value is -3.16. The summed E-state index contributed by atoms with van der Waals surface area (Å²) >= 11 is 0. The van der Waals surface area contributed by atoms with Gasteiger partial charge < -0.3 is 10.2 Å². The molecule has 1 N–H and O–H groups in total. The number of nitrogens with zero attached hydrogens (tertiary/aromatic N) is 3. The van der Waals surface area contributed by atoms with Gasteiger partial charge in [0.05, 0.1) is 22.5 Å². The van der Waals surface area contributed by atoms with Gasteiger partial charge >= 0.3 is 0 Å². The van der Waals surface area contributed by atoms with Crippen LogP contribution in [0.2, 0.25) is 0 Å². The number of hydrogen-bond acceptors (Lipinski definition) is 4. The van der Waals surface area contributed by atoms with Crippen LogP contribution < -0.4 is 10.2 Å². The van der Waals surface area contributed by atoms with E-state index in [9.17, 15) is 18.0 Å². The molecule has 4 rings (SSSR count). The zero-order valence-corrected chi connectivity index (χ0v) is 18.8. The van der Waals surface area contributed by atoms with E-state index in [1.54, 1.807) is 25.8 Å². The average Bonchev–Trinajstić information content (AvgIpc) is 2.86. The molecule has 2 heterocycles. The Morgan fingerprint density at radius 2 is 1.88 bits per heavy atom. The van der Waals surface area contributed by atoms with Crippen molar-refractivity contribution in [1.29, 1.82) is 0 Å². The Kier molecular flexibility index (Phi) is 4.95. The van der Waals surface area contributed by atoms with Crippen molar-refractivity contribution in [3.05, 3.63) is 58.7 Å². The minimum absolute atomic E-state index is 0.0188. The summed E-state index contributed by atoms with van der Waals surface area (Å²) in [5.74, 6) is -3.30. The molecular formula is C24H25F3N4O. The molecule has 1 amide bonds. The summed E-state index contributed by atoms with van der Waals surface area (Å²) in [6.45, 7) is 7.82. The molecule has 0 fully saturated rings. The molecule has 0 aliphatic carbocycles. The summed E-state index contributed by atoms with van der Waals surface area (Å²) in [5.41, 5.74) is 1.03. The molecule has 1 aliphatic heterocycles. The van der Waals surface area contributed by atoms with Gasteiger partial charge in [-0.3, -0.25) is 4.79 Å². The summed E-state index contributed by atoms with van der Waals surface area (Å²) in [4.78, 5) is 23.3. The first-order valence-electron chi connectivity index (χ1n) is 10.4. The van der Waals surface area contributed by atoms with Crippen LogP contribution in [-0.2, 0) is 16.1 Å². The van der Waals surface area contributed by atoms with E-state index < -0.39 is 28.8 Å². The number of rotatable bonds is 4. The van der Waals surface area contributed by atoms with Gasteiger partial charge in [-0.15, -0.1) is 0 Å². The lowest BCUT2D eigenvalue weighted by atomic mass is 9.85.